The maximum Gasteiger partial charge on any atom is 0.234 e. The van der Waals surface area contributed by atoms with E-state index in [0.717, 1.165) is 12.1 Å². The fourth-order valence-electron chi connectivity index (χ4n) is 3.24. The number of rotatable bonds is 2. The molecule has 0 radical (unpaired) electrons. The van der Waals surface area contributed by atoms with Gasteiger partial charge in [0.25, 0.3) is 0 Å². The number of anilines is 1. The zero-order valence-corrected chi connectivity index (χ0v) is 12.2. The van der Waals surface area contributed by atoms with E-state index >= 15 is 0 Å². The highest BCUT2D eigenvalue weighted by Gasteiger charge is 2.36. The smallest absolute Gasteiger partial charge is 0.234 e. The molecule has 0 saturated carbocycles. The molecule has 20 heavy (non-hydrogen) atoms. The van der Waals surface area contributed by atoms with Crippen molar-refractivity contribution in [2.75, 3.05) is 11.9 Å². The molecule has 2 aromatic carbocycles. The lowest BCUT2D eigenvalue weighted by Crippen LogP contribution is -2.25. The predicted octanol–water partition coefficient (Wildman–Crippen LogP) is 3.61. The fourth-order valence-corrected chi connectivity index (χ4v) is 3.24. The van der Waals surface area contributed by atoms with E-state index in [1.54, 1.807) is 0 Å². The molecule has 1 amide bonds. The van der Waals surface area contributed by atoms with Crippen LogP contribution in [0.4, 0.5) is 5.69 Å². The lowest BCUT2D eigenvalue weighted by molar-refractivity contribution is -0.119. The Balaban J connectivity index is 2.04. The van der Waals surface area contributed by atoms with Crippen molar-refractivity contribution in [3.63, 3.8) is 0 Å². The molecule has 0 spiro atoms. The Morgan fingerprint density at radius 1 is 1.10 bits per heavy atom. The van der Waals surface area contributed by atoms with Crippen molar-refractivity contribution in [1.29, 1.82) is 0 Å². The van der Waals surface area contributed by atoms with Gasteiger partial charge in [-0.1, -0.05) is 48.0 Å². The zero-order chi connectivity index (χ0) is 14.3. The van der Waals surface area contributed by atoms with Crippen LogP contribution < -0.4 is 4.90 Å². The Hall–Kier alpha value is -2.09. The van der Waals surface area contributed by atoms with Gasteiger partial charge in [0.2, 0.25) is 5.91 Å². The summed E-state index contributed by atoms with van der Waals surface area (Å²) >= 11 is 0. The average Bonchev–Trinajstić information content (AvgIpc) is 2.65. The lowest BCUT2D eigenvalue weighted by Gasteiger charge is -2.13. The molecule has 0 aliphatic carbocycles. The van der Waals surface area contributed by atoms with Crippen molar-refractivity contribution in [1.82, 2.24) is 0 Å². The number of aryl methyl sites for hydroxylation is 2. The average molecular weight is 265 g/mol. The molecule has 2 heteroatoms. The number of carbonyl (C=O) groups is 1. The van der Waals surface area contributed by atoms with Gasteiger partial charge in [-0.3, -0.25) is 4.79 Å². The van der Waals surface area contributed by atoms with Crippen LogP contribution in [0.2, 0.25) is 0 Å². The van der Waals surface area contributed by atoms with E-state index in [-0.39, 0.29) is 11.8 Å². The zero-order valence-electron chi connectivity index (χ0n) is 12.2. The van der Waals surface area contributed by atoms with E-state index in [4.69, 9.17) is 0 Å². The van der Waals surface area contributed by atoms with E-state index in [1.807, 2.05) is 30.1 Å². The number of hydrogen-bond donors (Lipinski definition) is 0. The van der Waals surface area contributed by atoms with Gasteiger partial charge in [-0.2, -0.15) is 0 Å². The molecule has 0 N–H and O–H groups in total. The summed E-state index contributed by atoms with van der Waals surface area (Å²) in [6.45, 7) is 4.18. The highest BCUT2D eigenvalue weighted by atomic mass is 16.2. The summed E-state index contributed by atoms with van der Waals surface area (Å²) in [5, 5.41) is 0. The second-order valence-corrected chi connectivity index (χ2v) is 5.66. The topological polar surface area (TPSA) is 20.3 Å². The number of hydrogen-bond acceptors (Lipinski definition) is 1. The molecule has 102 valence electrons. The molecule has 0 fully saturated rings. The maximum absolute atomic E-state index is 12.6. The molecule has 0 aromatic heterocycles. The van der Waals surface area contributed by atoms with E-state index in [9.17, 15) is 4.79 Å². The van der Waals surface area contributed by atoms with Crippen LogP contribution in [0, 0.1) is 13.8 Å². The quantitative estimate of drug-likeness (QED) is 0.812. The number of amides is 1. The number of benzene rings is 2. The number of carbonyl (C=O) groups excluding carboxylic acids is 1. The van der Waals surface area contributed by atoms with Gasteiger partial charge < -0.3 is 4.90 Å². The highest BCUT2D eigenvalue weighted by Crippen LogP contribution is 2.41. The maximum atomic E-state index is 12.6. The standard InChI is InChI=1S/C18H19NO/c1-12-9-13(2)17-15(10-12)16(18(20)19(17)3)11-14-7-5-4-6-8-14/h4-10,16H,11H2,1-3H3/t16-/m0/s1. The second kappa shape index (κ2) is 4.78. The van der Waals surface area contributed by atoms with Crippen molar-refractivity contribution < 1.29 is 4.79 Å². The summed E-state index contributed by atoms with van der Waals surface area (Å²) in [6, 6.07) is 14.6. The third-order valence-corrected chi connectivity index (χ3v) is 4.10. The Kier molecular flexibility index (Phi) is 3.09. The second-order valence-electron chi connectivity index (χ2n) is 5.66. The van der Waals surface area contributed by atoms with E-state index < -0.39 is 0 Å². The van der Waals surface area contributed by atoms with Crippen LogP contribution in [0.3, 0.4) is 0 Å². The number of fused-ring (bicyclic) bond motifs is 1. The van der Waals surface area contributed by atoms with Crippen LogP contribution in [0.5, 0.6) is 0 Å². The molecule has 0 unspecified atom stereocenters. The lowest BCUT2D eigenvalue weighted by atomic mass is 9.91. The van der Waals surface area contributed by atoms with Gasteiger partial charge in [-0.15, -0.1) is 0 Å². The first kappa shape index (κ1) is 12.9. The molecule has 1 aliphatic heterocycles. The van der Waals surface area contributed by atoms with E-state index in [2.05, 4.69) is 38.1 Å². The fraction of sp³-hybridized carbons (Fsp3) is 0.278. The van der Waals surface area contributed by atoms with Gasteiger partial charge in [0.15, 0.2) is 0 Å². The summed E-state index contributed by atoms with van der Waals surface area (Å²) in [7, 11) is 1.88. The molecule has 0 saturated heterocycles. The van der Waals surface area contributed by atoms with Gasteiger partial charge in [0, 0.05) is 7.05 Å². The Morgan fingerprint density at radius 2 is 1.80 bits per heavy atom. The van der Waals surface area contributed by atoms with Crippen molar-refractivity contribution in [3.05, 3.63) is 64.7 Å². The monoisotopic (exact) mass is 265 g/mol. The van der Waals surface area contributed by atoms with Crippen molar-refractivity contribution in [2.45, 2.75) is 26.2 Å². The van der Waals surface area contributed by atoms with E-state index in [0.29, 0.717) is 0 Å². The van der Waals surface area contributed by atoms with Crippen LogP contribution in [0.1, 0.15) is 28.2 Å². The van der Waals surface area contributed by atoms with Crippen molar-refractivity contribution in [2.24, 2.45) is 0 Å². The Labute approximate surface area is 120 Å². The van der Waals surface area contributed by atoms with Gasteiger partial charge in [-0.05, 0) is 37.0 Å². The number of likely N-dealkylation sites (N-methyl/N-ethyl adjacent to an activating group) is 1. The molecule has 1 heterocycles. The highest BCUT2D eigenvalue weighted by molar-refractivity contribution is 6.05. The minimum absolute atomic E-state index is 0.0454. The summed E-state index contributed by atoms with van der Waals surface area (Å²) in [5.41, 5.74) is 5.90. The van der Waals surface area contributed by atoms with Crippen LogP contribution >= 0.6 is 0 Å². The summed E-state index contributed by atoms with van der Waals surface area (Å²) in [6.07, 6.45) is 0.778. The minimum atomic E-state index is -0.0454. The molecular weight excluding hydrogens is 246 g/mol. The molecule has 0 bridgehead atoms. The molecule has 1 aliphatic rings. The van der Waals surface area contributed by atoms with Gasteiger partial charge >= 0.3 is 0 Å². The van der Waals surface area contributed by atoms with Gasteiger partial charge in [0.1, 0.15) is 0 Å². The molecule has 1 atom stereocenters. The molecule has 3 rings (SSSR count). The van der Waals surface area contributed by atoms with Crippen LogP contribution in [0.15, 0.2) is 42.5 Å². The number of nitrogens with zero attached hydrogens (tertiary/aromatic N) is 1. The van der Waals surface area contributed by atoms with Crippen LogP contribution in [-0.4, -0.2) is 13.0 Å². The van der Waals surface area contributed by atoms with Crippen molar-refractivity contribution in [3.8, 4) is 0 Å². The van der Waals surface area contributed by atoms with Gasteiger partial charge in [0.05, 0.1) is 11.6 Å². The summed E-state index contributed by atoms with van der Waals surface area (Å²) in [4.78, 5) is 14.4. The Bertz CT molecular complexity index is 661. The molecular formula is C18H19NO. The largest absolute Gasteiger partial charge is 0.314 e. The first-order valence-corrected chi connectivity index (χ1v) is 7.00. The minimum Gasteiger partial charge on any atom is -0.314 e. The SMILES string of the molecule is Cc1cc(C)c2c(c1)[C@H](Cc1ccccc1)C(=O)N2C. The van der Waals surface area contributed by atoms with Crippen molar-refractivity contribution >= 4 is 11.6 Å². The van der Waals surface area contributed by atoms with Gasteiger partial charge in [-0.25, -0.2) is 0 Å². The summed E-state index contributed by atoms with van der Waals surface area (Å²) in [5.74, 6) is 0.161. The third-order valence-electron chi connectivity index (χ3n) is 4.10. The third kappa shape index (κ3) is 2.01. The normalized spacial score (nSPS) is 17.4. The predicted molar refractivity (Wildman–Crippen MR) is 82.2 cm³/mol. The first-order chi connectivity index (χ1) is 9.58. The first-order valence-electron chi connectivity index (χ1n) is 7.00. The Morgan fingerprint density at radius 3 is 2.50 bits per heavy atom. The van der Waals surface area contributed by atoms with E-state index in [1.165, 1.54) is 22.3 Å². The van der Waals surface area contributed by atoms with Crippen LogP contribution in [0.25, 0.3) is 0 Å². The molecule has 2 nitrogen and oxygen atoms in total. The molecule has 2 aromatic rings. The van der Waals surface area contributed by atoms with Crippen LogP contribution in [-0.2, 0) is 11.2 Å². The summed E-state index contributed by atoms with van der Waals surface area (Å²) < 4.78 is 0.